The number of benzene rings is 1. The number of fused-ring (bicyclic) bond motifs is 1. The number of amides is 1. The fourth-order valence-corrected chi connectivity index (χ4v) is 3.57. The first-order chi connectivity index (χ1) is 12.5. The number of carbonyl (C=O) groups is 1. The number of hydrogen-bond acceptors (Lipinski definition) is 4. The quantitative estimate of drug-likeness (QED) is 0.580. The Bertz CT molecular complexity index is 684. The van der Waals surface area contributed by atoms with Crippen molar-refractivity contribution in [1.29, 1.82) is 0 Å². The third kappa shape index (κ3) is 4.50. The van der Waals surface area contributed by atoms with Gasteiger partial charge in [-0.2, -0.15) is 0 Å². The highest BCUT2D eigenvalue weighted by atomic mass is 16.5. The minimum Gasteiger partial charge on any atom is -0.483 e. The third-order valence-corrected chi connectivity index (χ3v) is 4.91. The fourth-order valence-electron chi connectivity index (χ4n) is 3.57. The molecule has 0 N–H and O–H groups in total. The van der Waals surface area contributed by atoms with Gasteiger partial charge in [-0.15, -0.1) is 6.42 Å². The van der Waals surface area contributed by atoms with Crippen molar-refractivity contribution < 1.29 is 19.0 Å². The number of rotatable bonds is 6. The van der Waals surface area contributed by atoms with E-state index in [0.717, 1.165) is 43.7 Å². The van der Waals surface area contributed by atoms with Crippen LogP contribution in [-0.2, 0) is 16.0 Å². The molecule has 5 nitrogen and oxygen atoms in total. The normalized spacial score (nSPS) is 18.7. The minimum atomic E-state index is -0.227. The first-order valence-corrected chi connectivity index (χ1v) is 9.21. The SMILES string of the molecule is C#CCOCC1CCN(C(=O)COc2cccc3c2OC(C)(C)C3)CC1. The summed E-state index contributed by atoms with van der Waals surface area (Å²) < 4.78 is 17.2. The lowest BCUT2D eigenvalue weighted by atomic mass is 9.98. The molecule has 0 unspecified atom stereocenters. The molecule has 0 radical (unpaired) electrons. The third-order valence-electron chi connectivity index (χ3n) is 4.91. The second kappa shape index (κ2) is 8.01. The Hall–Kier alpha value is -2.19. The number of para-hydroxylation sites is 1. The number of ether oxygens (including phenoxy) is 3. The van der Waals surface area contributed by atoms with E-state index in [4.69, 9.17) is 20.6 Å². The maximum Gasteiger partial charge on any atom is 0.260 e. The summed E-state index contributed by atoms with van der Waals surface area (Å²) >= 11 is 0. The van der Waals surface area contributed by atoms with Gasteiger partial charge in [0.25, 0.3) is 5.91 Å². The second-order valence-electron chi connectivity index (χ2n) is 7.62. The summed E-state index contributed by atoms with van der Waals surface area (Å²) in [5, 5.41) is 0. The Labute approximate surface area is 155 Å². The van der Waals surface area contributed by atoms with Crippen LogP contribution in [0.2, 0.25) is 0 Å². The van der Waals surface area contributed by atoms with Crippen LogP contribution >= 0.6 is 0 Å². The van der Waals surface area contributed by atoms with Crippen LogP contribution in [0.25, 0.3) is 0 Å². The van der Waals surface area contributed by atoms with Crippen LogP contribution in [0.3, 0.4) is 0 Å². The van der Waals surface area contributed by atoms with E-state index < -0.39 is 0 Å². The number of nitrogens with zero attached hydrogens (tertiary/aromatic N) is 1. The highest BCUT2D eigenvalue weighted by molar-refractivity contribution is 5.78. The first kappa shape index (κ1) is 18.6. The zero-order chi connectivity index (χ0) is 18.6. The molecule has 0 aromatic heterocycles. The maximum atomic E-state index is 12.5. The van der Waals surface area contributed by atoms with E-state index in [-0.39, 0.29) is 18.1 Å². The van der Waals surface area contributed by atoms with E-state index >= 15 is 0 Å². The van der Waals surface area contributed by atoms with Crippen molar-refractivity contribution in [3.63, 3.8) is 0 Å². The van der Waals surface area contributed by atoms with Crippen molar-refractivity contribution in [1.82, 2.24) is 4.90 Å². The summed E-state index contributed by atoms with van der Waals surface area (Å²) in [6.45, 7) is 6.65. The standard InChI is InChI=1S/C21H27NO4/c1-4-12-24-14-16-8-10-22(11-9-16)19(23)15-25-18-7-5-6-17-13-21(2,3)26-20(17)18/h1,5-7,16H,8-15H2,2-3H3. The Morgan fingerprint density at radius 1 is 1.38 bits per heavy atom. The van der Waals surface area contributed by atoms with Crippen molar-refractivity contribution in [2.24, 2.45) is 5.92 Å². The summed E-state index contributed by atoms with van der Waals surface area (Å²) in [6, 6.07) is 5.86. The zero-order valence-electron chi connectivity index (χ0n) is 15.6. The van der Waals surface area contributed by atoms with Crippen LogP contribution in [0, 0.1) is 18.3 Å². The van der Waals surface area contributed by atoms with E-state index in [9.17, 15) is 4.79 Å². The molecule has 0 spiro atoms. The largest absolute Gasteiger partial charge is 0.483 e. The van der Waals surface area contributed by atoms with Crippen molar-refractivity contribution >= 4 is 5.91 Å². The van der Waals surface area contributed by atoms with E-state index in [2.05, 4.69) is 19.8 Å². The van der Waals surface area contributed by atoms with Crippen molar-refractivity contribution in [3.8, 4) is 23.8 Å². The maximum absolute atomic E-state index is 12.5. The molecular formula is C21H27NO4. The van der Waals surface area contributed by atoms with Gasteiger partial charge in [0.05, 0.1) is 6.61 Å². The number of piperidine rings is 1. The van der Waals surface area contributed by atoms with Gasteiger partial charge in [0.2, 0.25) is 0 Å². The van der Waals surface area contributed by atoms with Crippen LogP contribution in [0.1, 0.15) is 32.3 Å². The molecule has 1 aromatic carbocycles. The van der Waals surface area contributed by atoms with Gasteiger partial charge in [0.1, 0.15) is 12.2 Å². The molecule has 1 fully saturated rings. The van der Waals surface area contributed by atoms with Crippen LogP contribution in [0.5, 0.6) is 11.5 Å². The molecule has 5 heteroatoms. The van der Waals surface area contributed by atoms with Gasteiger partial charge in [0.15, 0.2) is 18.1 Å². The molecule has 0 aliphatic carbocycles. The predicted octanol–water partition coefficient (Wildman–Crippen LogP) is 2.67. The topological polar surface area (TPSA) is 48.0 Å². The number of likely N-dealkylation sites (tertiary alicyclic amines) is 1. The monoisotopic (exact) mass is 357 g/mol. The smallest absolute Gasteiger partial charge is 0.260 e. The van der Waals surface area contributed by atoms with Crippen molar-refractivity contribution in [2.45, 2.75) is 38.7 Å². The number of carbonyl (C=O) groups excluding carboxylic acids is 1. The molecule has 2 aliphatic rings. The van der Waals surface area contributed by atoms with Crippen LogP contribution in [-0.4, -0.2) is 49.3 Å². The predicted molar refractivity (Wildman–Crippen MR) is 99.3 cm³/mol. The van der Waals surface area contributed by atoms with Gasteiger partial charge in [-0.3, -0.25) is 4.79 Å². The summed E-state index contributed by atoms with van der Waals surface area (Å²) in [5.41, 5.74) is 0.905. The van der Waals surface area contributed by atoms with Gasteiger partial charge in [0, 0.05) is 25.1 Å². The lowest BCUT2D eigenvalue weighted by molar-refractivity contribution is -0.135. The summed E-state index contributed by atoms with van der Waals surface area (Å²) in [4.78, 5) is 14.3. The lowest BCUT2D eigenvalue weighted by Crippen LogP contribution is -2.41. The van der Waals surface area contributed by atoms with Gasteiger partial charge >= 0.3 is 0 Å². The minimum absolute atomic E-state index is 0.0165. The molecule has 0 saturated carbocycles. The molecule has 0 atom stereocenters. The fraction of sp³-hybridized carbons (Fsp3) is 0.571. The number of terminal acetylenes is 1. The van der Waals surface area contributed by atoms with Crippen LogP contribution in [0.4, 0.5) is 0 Å². The van der Waals surface area contributed by atoms with Gasteiger partial charge in [-0.05, 0) is 38.7 Å². The molecule has 140 valence electrons. The van der Waals surface area contributed by atoms with E-state index in [1.54, 1.807) is 0 Å². The molecule has 0 bridgehead atoms. The zero-order valence-corrected chi connectivity index (χ0v) is 15.6. The van der Waals surface area contributed by atoms with Gasteiger partial charge in [-0.1, -0.05) is 18.1 Å². The van der Waals surface area contributed by atoms with Crippen LogP contribution in [0.15, 0.2) is 18.2 Å². The van der Waals surface area contributed by atoms with Gasteiger partial charge < -0.3 is 19.1 Å². The summed E-state index contributed by atoms with van der Waals surface area (Å²) in [5.74, 6) is 4.39. The second-order valence-corrected chi connectivity index (χ2v) is 7.62. The molecular weight excluding hydrogens is 330 g/mol. The molecule has 1 amide bonds. The average Bonchev–Trinajstić information content (AvgIpc) is 2.95. The average molecular weight is 357 g/mol. The lowest BCUT2D eigenvalue weighted by Gasteiger charge is -2.31. The summed E-state index contributed by atoms with van der Waals surface area (Å²) in [7, 11) is 0. The molecule has 2 heterocycles. The highest BCUT2D eigenvalue weighted by Gasteiger charge is 2.32. The van der Waals surface area contributed by atoms with Crippen LogP contribution < -0.4 is 9.47 Å². The molecule has 3 rings (SSSR count). The molecule has 1 saturated heterocycles. The van der Waals surface area contributed by atoms with Gasteiger partial charge in [-0.25, -0.2) is 0 Å². The number of hydrogen-bond donors (Lipinski definition) is 0. The van der Waals surface area contributed by atoms with E-state index in [1.165, 1.54) is 0 Å². The molecule has 1 aromatic rings. The highest BCUT2D eigenvalue weighted by Crippen LogP contribution is 2.41. The Balaban J connectivity index is 1.48. The Morgan fingerprint density at radius 2 is 2.15 bits per heavy atom. The van der Waals surface area contributed by atoms with Crippen molar-refractivity contribution in [2.75, 3.05) is 32.9 Å². The summed E-state index contributed by atoms with van der Waals surface area (Å²) in [6.07, 6.45) is 7.91. The Kier molecular flexibility index (Phi) is 5.73. The Morgan fingerprint density at radius 3 is 2.88 bits per heavy atom. The van der Waals surface area contributed by atoms with Crippen molar-refractivity contribution in [3.05, 3.63) is 23.8 Å². The van der Waals surface area contributed by atoms with E-state index in [0.29, 0.717) is 24.9 Å². The molecule has 2 aliphatic heterocycles. The first-order valence-electron chi connectivity index (χ1n) is 9.21. The van der Waals surface area contributed by atoms with E-state index in [1.807, 2.05) is 23.1 Å². The molecule has 26 heavy (non-hydrogen) atoms.